The van der Waals surface area contributed by atoms with Gasteiger partial charge < -0.3 is 14.5 Å². The van der Waals surface area contributed by atoms with E-state index in [1.807, 2.05) is 74.8 Å². The van der Waals surface area contributed by atoms with Crippen LogP contribution >= 0.6 is 0 Å². The molecular formula is C26H30BN4O3. The third-order valence-corrected chi connectivity index (χ3v) is 5.83. The molecule has 3 aromatic rings. The van der Waals surface area contributed by atoms with E-state index in [1.165, 1.54) is 12.2 Å². The van der Waals surface area contributed by atoms with Crippen LogP contribution in [0.1, 0.15) is 15.9 Å². The zero-order valence-electron chi connectivity index (χ0n) is 20.2. The third-order valence-electron chi connectivity index (χ3n) is 5.83. The van der Waals surface area contributed by atoms with Crippen LogP contribution in [0, 0.1) is 11.2 Å². The highest BCUT2D eigenvalue weighted by Crippen LogP contribution is 2.27. The summed E-state index contributed by atoms with van der Waals surface area (Å²) in [5.74, 6) is 1.63. The molecule has 0 spiro atoms. The fourth-order valence-electron chi connectivity index (χ4n) is 3.97. The predicted octanol–water partition coefficient (Wildman–Crippen LogP) is 3.07. The second-order valence-corrected chi connectivity index (χ2v) is 8.64. The average Bonchev–Trinajstić information content (AvgIpc) is 3.20. The van der Waals surface area contributed by atoms with Gasteiger partial charge in [0.1, 0.15) is 12.3 Å². The van der Waals surface area contributed by atoms with Gasteiger partial charge in [-0.2, -0.15) is 0 Å². The Kier molecular flexibility index (Phi) is 8.50. The number of amides is 1. The second kappa shape index (κ2) is 11.5. The number of aromatic nitrogens is 1. The van der Waals surface area contributed by atoms with Crippen LogP contribution in [-0.4, -0.2) is 74.8 Å². The van der Waals surface area contributed by atoms with E-state index in [0.717, 1.165) is 40.7 Å². The summed E-state index contributed by atoms with van der Waals surface area (Å²) >= 11 is 0. The molecule has 0 aliphatic heterocycles. The molecule has 0 bridgehead atoms. The van der Waals surface area contributed by atoms with Crippen LogP contribution in [0.4, 0.5) is 0 Å². The average molecular weight is 457 g/mol. The molecule has 0 saturated carbocycles. The van der Waals surface area contributed by atoms with Gasteiger partial charge >= 0.3 is 0 Å². The highest BCUT2D eigenvalue weighted by atomic mass is 16.5. The summed E-state index contributed by atoms with van der Waals surface area (Å²) in [6, 6.07) is 15.2. The Bertz CT molecular complexity index is 1180. The maximum atomic E-state index is 13.3. The summed E-state index contributed by atoms with van der Waals surface area (Å²) in [5, 5.41) is 10.2. The van der Waals surface area contributed by atoms with Gasteiger partial charge in [-0.15, -0.1) is 0 Å². The molecule has 0 aliphatic rings. The number of hydrogen-bond donors (Lipinski definition) is 0. The van der Waals surface area contributed by atoms with E-state index in [4.69, 9.17) is 4.74 Å². The number of methoxy groups -OCH3 is 1. The summed E-state index contributed by atoms with van der Waals surface area (Å²) in [6.07, 6.45) is 3.05. The number of rotatable bonds is 10. The van der Waals surface area contributed by atoms with E-state index < -0.39 is 5.82 Å². The van der Waals surface area contributed by atoms with Crippen LogP contribution in [0.25, 0.3) is 10.9 Å². The third kappa shape index (κ3) is 6.06. The van der Waals surface area contributed by atoms with Gasteiger partial charge in [-0.1, -0.05) is 30.3 Å². The zero-order valence-corrected chi connectivity index (χ0v) is 20.2. The smallest absolute Gasteiger partial charge is 0.268 e. The van der Waals surface area contributed by atoms with Crippen LogP contribution < -0.4 is 4.74 Å². The molecule has 3 rings (SSSR count). The van der Waals surface area contributed by atoms with Crippen LogP contribution in [0.15, 0.2) is 54.7 Å². The Morgan fingerprint density at radius 2 is 1.88 bits per heavy atom. The quantitative estimate of drug-likeness (QED) is 0.438. The number of carbonyl (C=O) groups excluding carboxylic acids is 2. The molecule has 34 heavy (non-hydrogen) atoms. The van der Waals surface area contributed by atoms with Crippen molar-refractivity contribution in [2.75, 3.05) is 41.3 Å². The summed E-state index contributed by atoms with van der Waals surface area (Å²) in [7, 11) is 8.58. The first-order chi connectivity index (χ1) is 16.3. The Balaban J connectivity index is 1.81. The van der Waals surface area contributed by atoms with Gasteiger partial charge in [0.05, 0.1) is 12.6 Å². The van der Waals surface area contributed by atoms with Crippen molar-refractivity contribution >= 4 is 30.0 Å². The van der Waals surface area contributed by atoms with Crippen molar-refractivity contribution in [3.05, 3.63) is 65.9 Å². The molecule has 2 aromatic carbocycles. The van der Waals surface area contributed by atoms with Crippen molar-refractivity contribution in [3.8, 4) is 11.7 Å². The van der Waals surface area contributed by atoms with Gasteiger partial charge in [-0.05, 0) is 62.2 Å². The van der Waals surface area contributed by atoms with E-state index >= 15 is 0 Å². The largest absolute Gasteiger partial charge is 0.497 e. The molecule has 1 amide bonds. The van der Waals surface area contributed by atoms with Crippen molar-refractivity contribution in [1.82, 2.24) is 14.4 Å². The van der Waals surface area contributed by atoms with Crippen molar-refractivity contribution in [2.24, 2.45) is 0 Å². The lowest BCUT2D eigenvalue weighted by atomic mass is 9.63. The van der Waals surface area contributed by atoms with Crippen molar-refractivity contribution in [1.29, 1.82) is 5.26 Å². The highest BCUT2D eigenvalue weighted by Gasteiger charge is 2.26. The topological polar surface area (TPSA) is 78.6 Å². The van der Waals surface area contributed by atoms with E-state index in [1.54, 1.807) is 18.7 Å². The first-order valence-corrected chi connectivity index (χ1v) is 11.2. The van der Waals surface area contributed by atoms with Crippen LogP contribution in [0.2, 0.25) is 5.82 Å². The normalized spacial score (nSPS) is 11.8. The monoisotopic (exact) mass is 457 g/mol. The summed E-state index contributed by atoms with van der Waals surface area (Å²) in [5.41, 5.74) is 2.79. The fourth-order valence-corrected chi connectivity index (χ4v) is 3.97. The van der Waals surface area contributed by atoms with E-state index in [0.29, 0.717) is 6.42 Å². The number of ether oxygens (including phenoxy) is 1. The molecule has 1 heterocycles. The highest BCUT2D eigenvalue weighted by molar-refractivity contribution is 6.52. The number of benzene rings is 2. The molecular weight excluding hydrogens is 427 g/mol. The predicted molar refractivity (Wildman–Crippen MR) is 134 cm³/mol. The minimum atomic E-state index is -0.619. The Morgan fingerprint density at radius 1 is 1.15 bits per heavy atom. The Morgan fingerprint density at radius 3 is 2.53 bits per heavy atom. The lowest BCUT2D eigenvalue weighted by Gasteiger charge is -2.22. The molecule has 0 unspecified atom stereocenters. The minimum absolute atomic E-state index is 0.0910. The van der Waals surface area contributed by atoms with Gasteiger partial charge in [0.2, 0.25) is 5.91 Å². The number of nitriles is 1. The number of likely N-dealkylation sites (N-methyl/N-ethyl adjacent to an activating group) is 2. The van der Waals surface area contributed by atoms with Crippen molar-refractivity contribution < 1.29 is 14.3 Å². The SMILES string of the molecule is COc1ccc2c(c1)c(CCN(C)C)cn2C(=O)CN(C)C(=O)[C@@H]([B]C#N)Cc1ccccc1. The van der Waals surface area contributed by atoms with E-state index in [-0.39, 0.29) is 18.4 Å². The second-order valence-electron chi connectivity index (χ2n) is 8.64. The maximum Gasteiger partial charge on any atom is 0.268 e. The zero-order chi connectivity index (χ0) is 24.7. The van der Waals surface area contributed by atoms with Gasteiger partial charge in [0.15, 0.2) is 0 Å². The van der Waals surface area contributed by atoms with Gasteiger partial charge in [-0.3, -0.25) is 14.2 Å². The maximum absolute atomic E-state index is 13.3. The van der Waals surface area contributed by atoms with Gasteiger partial charge in [0, 0.05) is 31.0 Å². The van der Waals surface area contributed by atoms with E-state index in [2.05, 4.69) is 4.90 Å². The molecule has 0 fully saturated rings. The number of nitrogens with zero attached hydrogens (tertiary/aromatic N) is 4. The van der Waals surface area contributed by atoms with Crippen LogP contribution in [0.3, 0.4) is 0 Å². The number of carbonyl (C=O) groups is 2. The first-order valence-electron chi connectivity index (χ1n) is 11.2. The molecule has 1 aromatic heterocycles. The minimum Gasteiger partial charge on any atom is -0.497 e. The Labute approximate surface area is 201 Å². The molecule has 1 radical (unpaired) electrons. The van der Waals surface area contributed by atoms with Crippen molar-refractivity contribution in [2.45, 2.75) is 18.7 Å². The fraction of sp³-hybridized carbons (Fsp3) is 0.346. The first kappa shape index (κ1) is 25.1. The summed E-state index contributed by atoms with van der Waals surface area (Å²) in [4.78, 5) is 29.9. The van der Waals surface area contributed by atoms with Gasteiger partial charge in [0.25, 0.3) is 13.2 Å². The molecule has 0 saturated heterocycles. The van der Waals surface area contributed by atoms with E-state index in [9.17, 15) is 14.9 Å². The Hall–Kier alpha value is -3.57. The molecule has 1 atom stereocenters. The lowest BCUT2D eigenvalue weighted by Crippen LogP contribution is -2.38. The molecule has 0 N–H and O–H groups in total. The summed E-state index contributed by atoms with van der Waals surface area (Å²) < 4.78 is 6.99. The summed E-state index contributed by atoms with van der Waals surface area (Å²) in [6.45, 7) is 0.750. The molecule has 175 valence electrons. The van der Waals surface area contributed by atoms with Gasteiger partial charge in [-0.25, -0.2) is 5.26 Å². The molecule has 7 nitrogen and oxygen atoms in total. The van der Waals surface area contributed by atoms with Crippen LogP contribution in [-0.2, 0) is 17.6 Å². The van der Waals surface area contributed by atoms with Crippen molar-refractivity contribution in [3.63, 3.8) is 0 Å². The van der Waals surface area contributed by atoms with Crippen LogP contribution in [0.5, 0.6) is 5.75 Å². The molecule has 0 aliphatic carbocycles. The molecule has 8 heteroatoms. The number of fused-ring (bicyclic) bond motifs is 1. The lowest BCUT2D eigenvalue weighted by molar-refractivity contribution is -0.129. The number of hydrogen-bond acceptors (Lipinski definition) is 5. The standard InChI is InChI=1S/C26H30BN4O3/c1-29(2)13-12-20-16-31(24-11-10-21(34-4)15-22(20)24)25(32)17-30(3)26(33)23(27-18-28)14-19-8-6-5-7-9-19/h5-11,15-16,23H,12-14,17H2,1-4H3/t23-/m0/s1.